The molecule has 0 aromatic rings. The second kappa shape index (κ2) is 7.88. The third-order valence-corrected chi connectivity index (χ3v) is 2.53. The zero-order valence-electron chi connectivity index (χ0n) is 10.4. The molecule has 15 heavy (non-hydrogen) atoms. The normalized spacial score (nSPS) is 16.7. The van der Waals surface area contributed by atoms with E-state index in [2.05, 4.69) is 5.32 Å². The van der Waals surface area contributed by atoms with E-state index in [9.17, 15) is 9.90 Å². The molecule has 0 amide bonds. The monoisotopic (exact) mass is 289 g/mol. The third kappa shape index (κ3) is 6.10. The smallest absolute Gasteiger partial charge is 0.146 e. The number of carbonyl (C=O) groups excluding carboxylic acids is 1. The zero-order chi connectivity index (χ0) is 11.4. The van der Waals surface area contributed by atoms with Crippen molar-refractivity contribution >= 4 is 5.78 Å². The summed E-state index contributed by atoms with van der Waals surface area (Å²) in [6.07, 6.45) is 1.15. The van der Waals surface area contributed by atoms with Crippen molar-refractivity contribution < 1.29 is 42.6 Å². The van der Waals surface area contributed by atoms with Gasteiger partial charge in [-0.1, -0.05) is 33.2 Å². The van der Waals surface area contributed by atoms with E-state index in [1.807, 2.05) is 13.8 Å². The molecule has 0 aliphatic carbocycles. The number of aliphatic hydroxyl groups is 1. The summed E-state index contributed by atoms with van der Waals surface area (Å²) in [4.78, 5) is 11.8. The van der Waals surface area contributed by atoms with Crippen molar-refractivity contribution in [2.75, 3.05) is 7.05 Å². The van der Waals surface area contributed by atoms with Gasteiger partial charge in [0.05, 0.1) is 0 Å². The Morgan fingerprint density at radius 2 is 1.93 bits per heavy atom. The van der Waals surface area contributed by atoms with Crippen molar-refractivity contribution in [1.29, 1.82) is 0 Å². The Bertz CT molecular complexity index is 193. The number of nitrogens with zero attached hydrogens (tertiary/aromatic N) is 1. The molecule has 0 fully saturated rings. The summed E-state index contributed by atoms with van der Waals surface area (Å²) in [5.41, 5.74) is -1.22. The Kier molecular flexibility index (Phi) is 9.50. The van der Waals surface area contributed by atoms with E-state index in [-0.39, 0.29) is 44.5 Å². The Balaban J connectivity index is 0. The van der Waals surface area contributed by atoms with Gasteiger partial charge in [0.25, 0.3) is 0 Å². The minimum Gasteiger partial charge on any atom is -0.656 e. The van der Waals surface area contributed by atoms with E-state index < -0.39 is 5.60 Å². The molecule has 0 unspecified atom stereocenters. The van der Waals surface area contributed by atoms with Gasteiger partial charge < -0.3 is 10.4 Å². The van der Waals surface area contributed by atoms with Crippen molar-refractivity contribution in [1.82, 2.24) is 0 Å². The third-order valence-electron chi connectivity index (χ3n) is 2.53. The van der Waals surface area contributed by atoms with Gasteiger partial charge in [0, 0.05) is 32.7 Å². The van der Waals surface area contributed by atoms with Gasteiger partial charge in [-0.3, -0.25) is 4.79 Å². The summed E-state index contributed by atoms with van der Waals surface area (Å²) in [5, 5.41) is 13.8. The van der Waals surface area contributed by atoms with Gasteiger partial charge in [-0.25, -0.2) is 0 Å². The Morgan fingerprint density at radius 3 is 2.20 bits per heavy atom. The minimum absolute atomic E-state index is 0. The molecular weight excluding hydrogens is 267 g/mol. The summed E-state index contributed by atoms with van der Waals surface area (Å²) in [6, 6.07) is -0.357. The number of carbonyl (C=O) groups is 1. The molecule has 1 radical (unpaired) electrons. The molecule has 0 aliphatic rings. The molecule has 1 N–H and O–H groups in total. The first-order valence-corrected chi connectivity index (χ1v) is 5.20. The van der Waals surface area contributed by atoms with E-state index in [0.717, 1.165) is 0 Å². The predicted octanol–water partition coefficient (Wildman–Crippen LogP) is 2.13. The fourth-order valence-corrected chi connectivity index (χ4v) is 1.31. The van der Waals surface area contributed by atoms with Crippen LogP contribution in [0.15, 0.2) is 0 Å². The van der Waals surface area contributed by atoms with Crippen LogP contribution in [0.2, 0.25) is 0 Å². The van der Waals surface area contributed by atoms with Gasteiger partial charge in [0.1, 0.15) is 11.4 Å². The first-order chi connectivity index (χ1) is 6.35. The van der Waals surface area contributed by atoms with Crippen LogP contribution >= 0.6 is 0 Å². The number of ketones is 1. The zero-order valence-corrected chi connectivity index (χ0v) is 13.3. The van der Waals surface area contributed by atoms with Crippen LogP contribution in [-0.4, -0.2) is 29.6 Å². The summed E-state index contributed by atoms with van der Waals surface area (Å²) < 4.78 is 0. The molecule has 0 aromatic heterocycles. The Labute approximate surface area is 118 Å². The first-order valence-electron chi connectivity index (χ1n) is 5.20. The van der Waals surface area contributed by atoms with E-state index >= 15 is 0 Å². The first kappa shape index (κ1) is 18.1. The molecule has 0 saturated carbocycles. The van der Waals surface area contributed by atoms with Crippen LogP contribution in [0.1, 0.15) is 40.5 Å². The topological polar surface area (TPSA) is 51.4 Å². The predicted molar refractivity (Wildman–Crippen MR) is 58.4 cm³/mol. The van der Waals surface area contributed by atoms with E-state index in [0.29, 0.717) is 18.8 Å². The van der Waals surface area contributed by atoms with Crippen molar-refractivity contribution in [3.63, 3.8) is 0 Å². The fraction of sp³-hybridized carbons (Fsp3) is 0.909. The largest absolute Gasteiger partial charge is 0.656 e. The maximum atomic E-state index is 11.8. The van der Waals surface area contributed by atoms with Crippen LogP contribution in [0.4, 0.5) is 0 Å². The molecule has 0 bridgehead atoms. The molecule has 0 heterocycles. The Morgan fingerprint density at radius 1 is 1.47 bits per heavy atom. The molecule has 0 saturated heterocycles. The number of rotatable bonds is 6. The molecule has 87 valence electrons. The van der Waals surface area contributed by atoms with Crippen molar-refractivity contribution in [3.05, 3.63) is 5.32 Å². The van der Waals surface area contributed by atoms with E-state index in [4.69, 9.17) is 0 Å². The molecule has 4 heteroatoms. The molecule has 3 nitrogen and oxygen atoms in total. The number of hydrogen-bond donors (Lipinski definition) is 1. The molecule has 0 aromatic carbocycles. The van der Waals surface area contributed by atoms with Crippen molar-refractivity contribution in [2.24, 2.45) is 5.92 Å². The van der Waals surface area contributed by atoms with Crippen LogP contribution in [0.5, 0.6) is 0 Å². The molecule has 0 rings (SSSR count). The SMILES string of the molecule is CC[C@@](C)(O)C(=O)[C@H](CC(C)C)[N-]C.[Y]. The Hall–Kier alpha value is 0.694. The molecule has 2 atom stereocenters. The minimum atomic E-state index is -1.22. The van der Waals surface area contributed by atoms with Crippen LogP contribution in [-0.2, 0) is 37.5 Å². The summed E-state index contributed by atoms with van der Waals surface area (Å²) in [5.74, 6) is 0.261. The van der Waals surface area contributed by atoms with Gasteiger partial charge in [0.15, 0.2) is 0 Å². The standard InChI is InChI=1S/C11H22NO2.Y/c1-6-11(4,14)10(13)9(12-5)7-8(2)3;/h8-9,14H,6-7H2,1-5H3;/q-1;/t9-,11+;/m0./s1. The summed E-state index contributed by atoms with van der Waals surface area (Å²) in [7, 11) is 1.64. The summed E-state index contributed by atoms with van der Waals surface area (Å²) >= 11 is 0. The maximum Gasteiger partial charge on any atom is 0.146 e. The number of Topliss-reactive ketones (excluding diaryl/α,β-unsaturated/α-hetero) is 1. The van der Waals surface area contributed by atoms with Crippen LogP contribution in [0.3, 0.4) is 0 Å². The van der Waals surface area contributed by atoms with Crippen LogP contribution in [0.25, 0.3) is 5.32 Å². The molecule has 0 spiro atoms. The van der Waals surface area contributed by atoms with E-state index in [1.54, 1.807) is 20.9 Å². The average molecular weight is 289 g/mol. The van der Waals surface area contributed by atoms with Gasteiger partial charge in [-0.2, -0.15) is 7.05 Å². The maximum absolute atomic E-state index is 11.8. The van der Waals surface area contributed by atoms with Crippen LogP contribution < -0.4 is 0 Å². The van der Waals surface area contributed by atoms with Gasteiger partial charge >= 0.3 is 0 Å². The number of hydrogen-bond acceptors (Lipinski definition) is 2. The van der Waals surface area contributed by atoms with Gasteiger partial charge in [-0.15, -0.1) is 0 Å². The van der Waals surface area contributed by atoms with Crippen molar-refractivity contribution in [3.8, 4) is 0 Å². The summed E-state index contributed by atoms with van der Waals surface area (Å²) in [6.45, 7) is 7.46. The average Bonchev–Trinajstić information content (AvgIpc) is 2.12. The van der Waals surface area contributed by atoms with Crippen molar-refractivity contribution in [2.45, 2.75) is 52.2 Å². The number of likely N-dealkylation sites (N-methyl/N-ethyl adjacent to an activating group) is 1. The van der Waals surface area contributed by atoms with Gasteiger partial charge in [0.2, 0.25) is 0 Å². The fourth-order valence-electron chi connectivity index (χ4n) is 1.31. The molecule has 0 aliphatic heterocycles. The van der Waals surface area contributed by atoms with Crippen LogP contribution in [0, 0.1) is 5.92 Å². The molecular formula is C11H22NO2Y-. The second-order valence-corrected chi connectivity index (χ2v) is 4.40. The van der Waals surface area contributed by atoms with E-state index in [1.165, 1.54) is 0 Å². The second-order valence-electron chi connectivity index (χ2n) is 4.40. The quantitative estimate of drug-likeness (QED) is 0.814. The van der Waals surface area contributed by atoms with Gasteiger partial charge in [-0.05, 0) is 19.3 Å².